The number of carbonyl (C=O) groups is 3. The summed E-state index contributed by atoms with van der Waals surface area (Å²) in [5.74, 6) is -0.778. The number of aromatic nitrogens is 1. The maximum atomic E-state index is 12.8. The molecule has 6 heteroatoms. The maximum Gasteiger partial charge on any atom is 0.354 e. The third kappa shape index (κ3) is 5.08. The van der Waals surface area contributed by atoms with E-state index in [4.69, 9.17) is 5.11 Å². The van der Waals surface area contributed by atoms with E-state index in [-0.39, 0.29) is 23.3 Å². The minimum atomic E-state index is -1.16. The Morgan fingerprint density at radius 2 is 1.72 bits per heavy atom. The molecule has 1 amide bonds. The maximum absolute atomic E-state index is 12.8. The van der Waals surface area contributed by atoms with Crippen LogP contribution in [0.2, 0.25) is 0 Å². The molecule has 1 aliphatic heterocycles. The van der Waals surface area contributed by atoms with Gasteiger partial charge in [0.1, 0.15) is 5.69 Å². The van der Waals surface area contributed by atoms with Crippen LogP contribution in [0.3, 0.4) is 0 Å². The molecular weight excluding hydrogens is 368 g/mol. The van der Waals surface area contributed by atoms with Crippen molar-refractivity contribution in [3.05, 3.63) is 65.0 Å². The Labute approximate surface area is 170 Å². The molecule has 3 rings (SSSR count). The number of carbonyl (C=O) groups excluding carboxylic acids is 2. The number of piperidine rings is 1. The Bertz CT molecular complexity index is 897. The molecule has 6 nitrogen and oxygen atoms in total. The second kappa shape index (κ2) is 8.99. The van der Waals surface area contributed by atoms with Crippen LogP contribution in [0, 0.1) is 11.8 Å². The molecule has 152 valence electrons. The van der Waals surface area contributed by atoms with Gasteiger partial charge >= 0.3 is 5.97 Å². The van der Waals surface area contributed by atoms with Crippen molar-refractivity contribution in [1.29, 1.82) is 0 Å². The zero-order valence-electron chi connectivity index (χ0n) is 16.8. The number of Topliss-reactive ketones (excluding diaryl/α,β-unsaturated/α-hetero) is 1. The standard InChI is InChI=1S/C23H26N2O4/c1-15(2)13-16-3-5-17(6-4-16)21(26)18-8-11-25(12-9-18)22(27)19-7-10-24-20(14-19)23(28)29/h3-7,10,14-15,18H,8-9,11-13H2,1-2H3,(H,28,29). The number of carboxylic acids is 1. The van der Waals surface area contributed by atoms with Gasteiger partial charge in [-0.25, -0.2) is 9.78 Å². The van der Waals surface area contributed by atoms with E-state index in [1.54, 1.807) is 4.90 Å². The molecule has 0 spiro atoms. The van der Waals surface area contributed by atoms with Gasteiger partial charge in [0.2, 0.25) is 0 Å². The van der Waals surface area contributed by atoms with E-state index in [1.807, 2.05) is 24.3 Å². The summed E-state index contributed by atoms with van der Waals surface area (Å²) in [5, 5.41) is 9.04. The van der Waals surface area contributed by atoms with Crippen LogP contribution in [0.25, 0.3) is 0 Å². The highest BCUT2D eigenvalue weighted by molar-refractivity contribution is 5.99. The number of nitrogens with zero attached hydrogens (tertiary/aromatic N) is 2. The highest BCUT2D eigenvalue weighted by Crippen LogP contribution is 2.23. The van der Waals surface area contributed by atoms with Gasteiger partial charge in [-0.2, -0.15) is 0 Å². The SMILES string of the molecule is CC(C)Cc1ccc(C(=O)C2CCN(C(=O)c3ccnc(C(=O)O)c3)CC2)cc1. The first-order valence-electron chi connectivity index (χ1n) is 9.97. The summed E-state index contributed by atoms with van der Waals surface area (Å²) >= 11 is 0. The van der Waals surface area contributed by atoms with E-state index in [0.29, 0.717) is 37.4 Å². The first kappa shape index (κ1) is 20.7. The fraction of sp³-hybridized carbons (Fsp3) is 0.391. The van der Waals surface area contributed by atoms with Gasteiger partial charge in [-0.15, -0.1) is 0 Å². The number of hydrogen-bond acceptors (Lipinski definition) is 4. The lowest BCUT2D eigenvalue weighted by atomic mass is 9.88. The van der Waals surface area contributed by atoms with Crippen molar-refractivity contribution in [1.82, 2.24) is 9.88 Å². The van der Waals surface area contributed by atoms with E-state index < -0.39 is 5.97 Å². The lowest BCUT2D eigenvalue weighted by Gasteiger charge is -2.31. The minimum absolute atomic E-state index is 0.0954. The number of pyridine rings is 1. The second-order valence-corrected chi connectivity index (χ2v) is 7.96. The van der Waals surface area contributed by atoms with Gasteiger partial charge in [0.05, 0.1) is 0 Å². The molecular formula is C23H26N2O4. The zero-order chi connectivity index (χ0) is 21.0. The molecule has 1 N–H and O–H groups in total. The zero-order valence-corrected chi connectivity index (χ0v) is 16.8. The summed E-state index contributed by atoms with van der Waals surface area (Å²) in [5.41, 5.74) is 2.11. The van der Waals surface area contributed by atoms with Crippen LogP contribution in [0.15, 0.2) is 42.6 Å². The molecule has 1 aromatic carbocycles. The summed E-state index contributed by atoms with van der Waals surface area (Å²) in [6, 6.07) is 10.7. The molecule has 29 heavy (non-hydrogen) atoms. The molecule has 2 heterocycles. The van der Waals surface area contributed by atoms with E-state index in [2.05, 4.69) is 18.8 Å². The van der Waals surface area contributed by atoms with Gasteiger partial charge in [-0.05, 0) is 42.9 Å². The molecule has 1 fully saturated rings. The summed E-state index contributed by atoms with van der Waals surface area (Å²) in [4.78, 5) is 42.0. The average molecular weight is 394 g/mol. The van der Waals surface area contributed by atoms with Crippen LogP contribution in [0.1, 0.15) is 63.5 Å². The lowest BCUT2D eigenvalue weighted by Crippen LogP contribution is -2.40. The molecule has 2 aromatic rings. The summed E-state index contributed by atoms with van der Waals surface area (Å²) in [6.45, 7) is 5.29. The van der Waals surface area contributed by atoms with Crippen molar-refractivity contribution < 1.29 is 19.5 Å². The van der Waals surface area contributed by atoms with Crippen molar-refractivity contribution in [2.75, 3.05) is 13.1 Å². The Balaban J connectivity index is 1.59. The van der Waals surface area contributed by atoms with Crippen molar-refractivity contribution in [2.24, 2.45) is 11.8 Å². The van der Waals surface area contributed by atoms with Gasteiger partial charge in [0.25, 0.3) is 5.91 Å². The second-order valence-electron chi connectivity index (χ2n) is 7.96. The van der Waals surface area contributed by atoms with Crippen LogP contribution in [-0.2, 0) is 6.42 Å². The normalized spacial score (nSPS) is 14.8. The summed E-state index contributed by atoms with van der Waals surface area (Å²) < 4.78 is 0. The number of amides is 1. The van der Waals surface area contributed by atoms with E-state index in [9.17, 15) is 14.4 Å². The number of likely N-dealkylation sites (tertiary alicyclic amines) is 1. The van der Waals surface area contributed by atoms with E-state index >= 15 is 0 Å². The summed E-state index contributed by atoms with van der Waals surface area (Å²) in [6.07, 6.45) is 3.54. The number of benzene rings is 1. The van der Waals surface area contributed by atoms with Gasteiger partial charge < -0.3 is 10.0 Å². The predicted octanol–water partition coefficient (Wildman–Crippen LogP) is 3.71. The number of carboxylic acid groups (broad SMARTS) is 1. The Morgan fingerprint density at radius 1 is 1.07 bits per heavy atom. The van der Waals surface area contributed by atoms with Crippen molar-refractivity contribution in [3.8, 4) is 0 Å². The van der Waals surface area contributed by atoms with Crippen LogP contribution in [0.4, 0.5) is 0 Å². The third-order valence-corrected chi connectivity index (χ3v) is 5.26. The molecule has 0 saturated carbocycles. The third-order valence-electron chi connectivity index (χ3n) is 5.26. The highest BCUT2D eigenvalue weighted by Gasteiger charge is 2.28. The monoisotopic (exact) mass is 394 g/mol. The van der Waals surface area contributed by atoms with Crippen LogP contribution >= 0.6 is 0 Å². The first-order chi connectivity index (χ1) is 13.8. The van der Waals surface area contributed by atoms with Gasteiger partial charge in [0.15, 0.2) is 5.78 Å². The lowest BCUT2D eigenvalue weighted by molar-refractivity contribution is 0.0649. The van der Waals surface area contributed by atoms with Gasteiger partial charge in [0, 0.05) is 36.3 Å². The van der Waals surface area contributed by atoms with Gasteiger partial charge in [-0.3, -0.25) is 9.59 Å². The quantitative estimate of drug-likeness (QED) is 0.755. The molecule has 0 bridgehead atoms. The molecule has 1 aliphatic rings. The first-order valence-corrected chi connectivity index (χ1v) is 9.97. The number of hydrogen-bond donors (Lipinski definition) is 1. The smallest absolute Gasteiger partial charge is 0.354 e. The molecule has 1 saturated heterocycles. The minimum Gasteiger partial charge on any atom is -0.477 e. The molecule has 0 atom stereocenters. The van der Waals surface area contributed by atoms with E-state index in [0.717, 1.165) is 12.0 Å². The fourth-order valence-electron chi connectivity index (χ4n) is 3.72. The fourth-order valence-corrected chi connectivity index (χ4v) is 3.72. The Morgan fingerprint density at radius 3 is 2.31 bits per heavy atom. The highest BCUT2D eigenvalue weighted by atomic mass is 16.4. The van der Waals surface area contributed by atoms with Crippen LogP contribution in [0.5, 0.6) is 0 Å². The average Bonchev–Trinajstić information content (AvgIpc) is 2.73. The Hall–Kier alpha value is -3.02. The molecule has 1 aromatic heterocycles. The summed E-state index contributed by atoms with van der Waals surface area (Å²) in [7, 11) is 0. The van der Waals surface area contributed by atoms with Crippen molar-refractivity contribution >= 4 is 17.7 Å². The van der Waals surface area contributed by atoms with Crippen LogP contribution in [-0.4, -0.2) is 45.7 Å². The molecule has 0 aliphatic carbocycles. The van der Waals surface area contributed by atoms with Crippen molar-refractivity contribution in [2.45, 2.75) is 33.1 Å². The topological polar surface area (TPSA) is 87.6 Å². The predicted molar refractivity (Wildman–Crippen MR) is 109 cm³/mol. The number of ketones is 1. The van der Waals surface area contributed by atoms with E-state index in [1.165, 1.54) is 23.9 Å². The van der Waals surface area contributed by atoms with Crippen LogP contribution < -0.4 is 0 Å². The Kier molecular flexibility index (Phi) is 6.42. The largest absolute Gasteiger partial charge is 0.477 e. The number of rotatable bonds is 6. The molecule has 0 unspecified atom stereocenters. The molecule has 0 radical (unpaired) electrons. The number of aromatic carboxylic acids is 1. The van der Waals surface area contributed by atoms with Gasteiger partial charge in [-0.1, -0.05) is 38.1 Å². The van der Waals surface area contributed by atoms with Crippen molar-refractivity contribution in [3.63, 3.8) is 0 Å².